The van der Waals surface area contributed by atoms with E-state index in [2.05, 4.69) is 238 Å². The molecule has 0 aromatic heterocycles. The molecule has 5 aromatic rings. The van der Waals surface area contributed by atoms with E-state index in [0.717, 1.165) is 49.4 Å². The largest absolute Gasteiger partial charge is 0.334 e. The zero-order chi connectivity index (χ0) is 54.5. The van der Waals surface area contributed by atoms with Gasteiger partial charge in [-0.2, -0.15) is 0 Å². The van der Waals surface area contributed by atoms with Gasteiger partial charge in [-0.15, -0.1) is 0 Å². The normalized spacial score (nSPS) is 24.2. The van der Waals surface area contributed by atoms with Gasteiger partial charge in [0.25, 0.3) is 0 Å². The van der Waals surface area contributed by atoms with Crippen molar-refractivity contribution in [1.82, 2.24) is 19.6 Å². The third kappa shape index (κ3) is 12.8. The quantitative estimate of drug-likeness (QED) is 0.127. The first-order valence-electron chi connectivity index (χ1n) is 28.9. The van der Waals surface area contributed by atoms with Crippen LogP contribution in [0.1, 0.15) is 124 Å². The molecule has 0 N–H and O–H groups in total. The smallest absolute Gasteiger partial charge is 0.218 e. The van der Waals surface area contributed by atoms with Crippen LogP contribution >= 0.6 is 0 Å². The topological polar surface area (TPSA) is 62.8 Å². The molecule has 78 heavy (non-hydrogen) atoms. The second-order valence-corrected chi connectivity index (χ2v) is 24.2. The molecule has 7 aliphatic rings. The Morgan fingerprint density at radius 3 is 1.23 bits per heavy atom. The van der Waals surface area contributed by atoms with E-state index in [9.17, 15) is 0 Å². The average Bonchev–Trinajstić information content (AvgIpc) is 4.04. The summed E-state index contributed by atoms with van der Waals surface area (Å²) >= 11 is 0. The fraction of sp³-hybridized carbons (Fsp3) is 0.545. The minimum absolute atomic E-state index is 0. The van der Waals surface area contributed by atoms with Gasteiger partial charge < -0.3 is 33.6 Å². The van der Waals surface area contributed by atoms with Crippen molar-refractivity contribution in [2.75, 3.05) is 59.6 Å². The van der Waals surface area contributed by atoms with Gasteiger partial charge in [-0.1, -0.05) is 145 Å². The maximum absolute atomic E-state index is 6.03. The lowest BCUT2D eigenvalue weighted by atomic mass is 9.94. The molecule has 5 aromatic carbocycles. The molecular weight excluding hydrogens is 969 g/mol. The molecule has 424 valence electrons. The number of fused-ring (bicyclic) bond motifs is 2. The number of nitrogens with zero attached hydrogens (tertiary/aromatic N) is 8. The predicted molar refractivity (Wildman–Crippen MR) is 323 cm³/mol. The summed E-state index contributed by atoms with van der Waals surface area (Å²) in [6.07, 6.45) is 7.44. The molecule has 6 saturated heterocycles. The van der Waals surface area contributed by atoms with Gasteiger partial charge in [-0.3, -0.25) is 14.7 Å². The average molecular weight is 1070 g/mol. The van der Waals surface area contributed by atoms with Crippen molar-refractivity contribution in [2.24, 2.45) is 11.8 Å². The van der Waals surface area contributed by atoms with Crippen molar-refractivity contribution in [3.8, 4) is 0 Å². The summed E-state index contributed by atoms with van der Waals surface area (Å²) in [6.45, 7) is 34.4. The summed E-state index contributed by atoms with van der Waals surface area (Å²) in [5, 5.41) is 0. The number of hydrogen-bond acceptors (Lipinski definition) is 12. The predicted octanol–water partition coefficient (Wildman–Crippen LogP) is 14.1. The zero-order valence-electron chi connectivity index (χ0n) is 48.9. The van der Waals surface area contributed by atoms with E-state index in [1.165, 1.54) is 78.0 Å². The van der Waals surface area contributed by atoms with E-state index >= 15 is 0 Å². The molecule has 1 saturated carbocycles. The van der Waals surface area contributed by atoms with Crippen LogP contribution in [0.5, 0.6) is 0 Å². The summed E-state index contributed by atoms with van der Waals surface area (Å²) in [4.78, 5) is 19.3. The molecule has 12 nitrogen and oxygen atoms in total. The fourth-order valence-electron chi connectivity index (χ4n) is 12.5. The summed E-state index contributed by atoms with van der Waals surface area (Å²) in [7, 11) is 0. The van der Waals surface area contributed by atoms with Crippen LogP contribution in [-0.4, -0.2) is 115 Å². The molecule has 12 rings (SSSR count). The molecule has 7 fully saturated rings. The van der Waals surface area contributed by atoms with Crippen LogP contribution in [0.25, 0.3) is 0 Å². The summed E-state index contributed by atoms with van der Waals surface area (Å²) in [5.41, 5.74) is 11.3. The fourth-order valence-corrected chi connectivity index (χ4v) is 12.5. The Kier molecular flexibility index (Phi) is 19.7. The summed E-state index contributed by atoms with van der Waals surface area (Å²) in [6, 6.07) is 46.7. The Morgan fingerprint density at radius 1 is 0.462 bits per heavy atom. The van der Waals surface area contributed by atoms with Crippen LogP contribution in [0.4, 0.5) is 28.4 Å². The Bertz CT molecular complexity index is 2550. The van der Waals surface area contributed by atoms with Crippen molar-refractivity contribution in [3.05, 3.63) is 150 Å². The third-order valence-electron chi connectivity index (χ3n) is 16.8. The number of hydrogen-bond donors (Lipinski definition) is 0. The Hall–Kier alpha value is -5.02. The summed E-state index contributed by atoms with van der Waals surface area (Å²) in [5.74, 6) is 1.47. The maximum Gasteiger partial charge on any atom is 0.218 e. The maximum atomic E-state index is 6.03. The molecule has 6 unspecified atom stereocenters. The van der Waals surface area contributed by atoms with E-state index in [-0.39, 0.29) is 32.0 Å². The van der Waals surface area contributed by atoms with Gasteiger partial charge in [0.1, 0.15) is 26.9 Å². The number of aryl methyl sites for hydroxylation is 4. The second kappa shape index (κ2) is 26.1. The molecule has 0 amide bonds. The lowest BCUT2D eigenvalue weighted by Crippen LogP contribution is -2.62. The standard InChI is InChI=1S/C22H22N2O.C19H24N2O.C13H24N2O.C11H22N2O.CH4/c1-17-10-9-11-18(2)21(17)23-16-25-22(23)24(19-12-5-3-6-13-19)20-14-7-4-8-15-20;1-14(2)21(17-11-6-5-7-12-17)19-20(13-22-19)18-15(3)9-8-10-16(18)4;1-10(2)12-8-14(13-15(12)9-16-13)11-6-4-3-5-7-11;1-8(2)9-6-13(11(3,4)5)10-12(9)7-14-10;/h3-15,22H,16H2,1-2H3;5-12,14,19H,13H2,1-4H3;10-13H,3-9H2,1-2H3;8-10H,6-7H2,1-5H3;1H4. The lowest BCUT2D eigenvalue weighted by Gasteiger charge is -2.51. The zero-order valence-corrected chi connectivity index (χ0v) is 48.9. The van der Waals surface area contributed by atoms with Crippen LogP contribution in [-0.2, 0) is 18.9 Å². The Morgan fingerprint density at radius 2 is 0.885 bits per heavy atom. The Balaban J connectivity index is 0.000000140. The van der Waals surface area contributed by atoms with Crippen LogP contribution in [0.15, 0.2) is 127 Å². The molecule has 1 aliphatic carbocycles. The van der Waals surface area contributed by atoms with Crippen LogP contribution in [0, 0.1) is 39.5 Å². The van der Waals surface area contributed by atoms with E-state index in [1.807, 2.05) is 18.2 Å². The Labute approximate surface area is 470 Å². The number of rotatable bonds is 11. The molecule has 12 heteroatoms. The van der Waals surface area contributed by atoms with Gasteiger partial charge in [0.2, 0.25) is 12.7 Å². The van der Waals surface area contributed by atoms with Crippen molar-refractivity contribution in [1.29, 1.82) is 0 Å². The molecular formula is C66H96N8O4. The molecule has 6 aliphatic heterocycles. The highest BCUT2D eigenvalue weighted by Crippen LogP contribution is 2.41. The molecule has 0 radical (unpaired) electrons. The van der Waals surface area contributed by atoms with E-state index < -0.39 is 0 Å². The lowest BCUT2D eigenvalue weighted by molar-refractivity contribution is -0.270. The number of anilines is 5. The minimum atomic E-state index is -0.149. The first kappa shape index (κ1) is 59.1. The van der Waals surface area contributed by atoms with Crippen molar-refractivity contribution in [3.63, 3.8) is 0 Å². The van der Waals surface area contributed by atoms with E-state index in [1.54, 1.807) is 0 Å². The van der Waals surface area contributed by atoms with Gasteiger partial charge in [0.05, 0.1) is 0 Å². The SMILES string of the molecule is C.CC(C)C1CN(C(C)(C)C)C2OCN12.CC(C)C1CN(C2CCCCC2)C2OCN12.Cc1cccc(C)c1N1COC1N(c1ccccc1)C(C)C.Cc1cccc(C)c1N1COC1N(c1ccccc1)c1ccccc1. The molecule has 6 heterocycles. The van der Waals surface area contributed by atoms with E-state index in [4.69, 9.17) is 18.9 Å². The van der Waals surface area contributed by atoms with Gasteiger partial charge >= 0.3 is 0 Å². The van der Waals surface area contributed by atoms with Crippen molar-refractivity contribution in [2.45, 2.75) is 185 Å². The number of para-hydroxylation sites is 5. The van der Waals surface area contributed by atoms with Crippen LogP contribution in [0.2, 0.25) is 0 Å². The van der Waals surface area contributed by atoms with Gasteiger partial charge in [-0.25, -0.2) is 9.80 Å². The van der Waals surface area contributed by atoms with Gasteiger partial charge in [0, 0.05) is 71.2 Å². The molecule has 6 atom stereocenters. The number of ether oxygens (including phenoxy) is 4. The molecule has 0 spiro atoms. The third-order valence-corrected chi connectivity index (χ3v) is 16.8. The van der Waals surface area contributed by atoms with Crippen molar-refractivity contribution >= 4 is 28.4 Å². The highest BCUT2D eigenvalue weighted by molar-refractivity contribution is 5.68. The highest BCUT2D eigenvalue weighted by atomic mass is 16.6. The second-order valence-electron chi connectivity index (χ2n) is 24.2. The van der Waals surface area contributed by atoms with Crippen LogP contribution < -0.4 is 19.6 Å². The first-order valence-corrected chi connectivity index (χ1v) is 28.9. The molecule has 0 bridgehead atoms. The monoisotopic (exact) mass is 1060 g/mol. The number of benzene rings is 5. The highest BCUT2D eigenvalue weighted by Gasteiger charge is 2.51. The first-order chi connectivity index (χ1) is 37.0. The van der Waals surface area contributed by atoms with Gasteiger partial charge in [-0.05, 0) is 146 Å². The summed E-state index contributed by atoms with van der Waals surface area (Å²) < 4.78 is 23.3. The minimum Gasteiger partial charge on any atom is -0.334 e. The van der Waals surface area contributed by atoms with Gasteiger partial charge in [0.15, 0.2) is 12.7 Å². The van der Waals surface area contributed by atoms with Crippen molar-refractivity contribution < 1.29 is 18.9 Å². The van der Waals surface area contributed by atoms with Crippen LogP contribution in [0.3, 0.4) is 0 Å². The van der Waals surface area contributed by atoms with E-state index in [0.29, 0.717) is 37.8 Å².